The summed E-state index contributed by atoms with van der Waals surface area (Å²) in [6.45, 7) is 53.3. The molecule has 6 radical (unpaired) electrons. The van der Waals surface area contributed by atoms with Gasteiger partial charge in [-0.2, -0.15) is 0 Å². The van der Waals surface area contributed by atoms with Gasteiger partial charge in [0.2, 0.25) is 70.9 Å². The van der Waals surface area contributed by atoms with E-state index in [0.717, 1.165) is 109 Å². The number of hydrogen-bond donors (Lipinski definition) is 0. The molecule has 0 N–H and O–H groups in total. The van der Waals surface area contributed by atoms with E-state index < -0.39 is 65.1 Å². The number of likely N-dealkylation sites (tertiary alicyclic amines) is 6. The molecule has 676 valence electrons. The van der Waals surface area contributed by atoms with Crippen LogP contribution in [0.4, 0.5) is 0 Å². The Balaban J connectivity index is 0.000000185. The third-order valence-corrected chi connectivity index (χ3v) is 33.2. The number of carbonyl (C=O) groups excluding carboxylic acids is 12. The highest BCUT2D eigenvalue weighted by molar-refractivity contribution is 6.17. The van der Waals surface area contributed by atoms with E-state index in [2.05, 4.69) is 142 Å². The number of carbonyl (C=O) groups is 12. The Morgan fingerprint density at radius 1 is 0.236 bits per heavy atom. The summed E-state index contributed by atoms with van der Waals surface area (Å²) in [4.78, 5) is 170. The average Bonchev–Trinajstić information content (AvgIpc) is 1.62. The zero-order chi connectivity index (χ0) is 91.8. The minimum Gasteiger partial charge on any atom is -0.291 e. The molecule has 2 aromatic rings. The first kappa shape index (κ1) is 98.7. The molecule has 6 saturated heterocycles. The zero-order valence-corrected chi connectivity index (χ0v) is 77.5. The van der Waals surface area contributed by atoms with E-state index in [1.54, 1.807) is 28.0 Å². The number of benzene rings is 2. The number of amides is 12. The molecule has 24 unspecified atom stereocenters. The smallest absolute Gasteiger partial charge is 0.234 e. The van der Waals surface area contributed by atoms with Crippen molar-refractivity contribution < 1.29 is 57.5 Å². The fourth-order valence-corrected chi connectivity index (χ4v) is 26.8. The van der Waals surface area contributed by atoms with Crippen LogP contribution in [-0.4, -0.2) is 150 Å². The van der Waals surface area contributed by atoms with Crippen molar-refractivity contribution in [1.29, 1.82) is 0 Å². The van der Waals surface area contributed by atoms with Gasteiger partial charge in [0, 0.05) is 6.54 Å². The van der Waals surface area contributed by atoms with E-state index in [-0.39, 0.29) is 180 Å². The molecule has 6 saturated carbocycles. The van der Waals surface area contributed by atoms with Crippen LogP contribution in [0.5, 0.6) is 0 Å². The summed E-state index contributed by atoms with van der Waals surface area (Å²) in [5, 5.41) is 0. The lowest BCUT2D eigenvalue weighted by Crippen LogP contribution is -2.42. The number of fused-ring (bicyclic) bond motifs is 6. The monoisotopic (exact) mass is 1720 g/mol. The summed E-state index contributed by atoms with van der Waals surface area (Å²) in [5.74, 6) is -8.27. The molecule has 18 nitrogen and oxygen atoms in total. The van der Waals surface area contributed by atoms with Gasteiger partial charge in [-0.1, -0.05) is 170 Å². The quantitative estimate of drug-likeness (QED) is 0.0362. The van der Waals surface area contributed by atoms with E-state index in [0.29, 0.717) is 58.2 Å². The molecule has 0 aromatic heterocycles. The molecule has 6 aliphatic heterocycles. The molecule has 24 atom stereocenters. The molecule has 12 aliphatic rings. The van der Waals surface area contributed by atoms with Crippen LogP contribution in [0.2, 0.25) is 0 Å². The molecule has 0 spiro atoms. The van der Waals surface area contributed by atoms with Crippen LogP contribution in [0.3, 0.4) is 0 Å². The largest absolute Gasteiger partial charge is 0.291 e. The van der Waals surface area contributed by atoms with Crippen LogP contribution >= 0.6 is 0 Å². The fourth-order valence-electron chi connectivity index (χ4n) is 26.8. The second kappa shape index (κ2) is 41.1. The summed E-state index contributed by atoms with van der Waals surface area (Å²) in [6.07, 6.45) is 38.6. The van der Waals surface area contributed by atoms with E-state index >= 15 is 0 Å². The molecule has 0 bridgehead atoms. The maximum absolute atomic E-state index is 14.3. The molecular formula is C106H141B3N6O12. The molecule has 6 aliphatic carbocycles. The van der Waals surface area contributed by atoms with Crippen LogP contribution in [0.25, 0.3) is 0 Å². The maximum atomic E-state index is 14.3. The Morgan fingerprint density at radius 2 is 0.378 bits per heavy atom. The summed E-state index contributed by atoms with van der Waals surface area (Å²) in [6, 6.07) is 0. The van der Waals surface area contributed by atoms with Crippen molar-refractivity contribution in [3.63, 3.8) is 0 Å². The number of allylic oxidation sites excluding steroid dienone is 12. The Labute approximate surface area is 761 Å². The standard InChI is InChI=1S/2C38H49BN2O4.C29H39BN2O4.CH4/c2*1-8-21-17-23(15-16-24-18-22(9-2)32-34(24)38(45)41(20-39)37(32)44)33-31(21)35(42)40(36(33)43)19-30-28(13-6)26(11-4)25(10-3)27(12-5)29(30)14-7;1-6-17-13-19(23-21(17)25(33)31(26(23)34)15-29(8-3,9-4)10-5)11-12-20-14-18(7-2)22-24(20)28(36)32(16-30)27(22)35;/h2*8-9,15-16,21-24,31-34H,1-2,10-14,17-20H2,3-7H3;6-7,11-12,17-24H,1-2,8-10,13-16H2,3-5H3;1H4/b2*16-15-;12-11-;. The van der Waals surface area contributed by atoms with Gasteiger partial charge in [-0.25, -0.2) is 0 Å². The predicted octanol–water partition coefficient (Wildman–Crippen LogP) is 15.4. The average molecular weight is 1720 g/mol. The lowest BCUT2D eigenvalue weighted by molar-refractivity contribution is -0.144. The first-order valence-electron chi connectivity index (χ1n) is 47.9. The third kappa shape index (κ3) is 16.6. The highest BCUT2D eigenvalue weighted by atomic mass is 16.2. The van der Waals surface area contributed by atoms with Crippen molar-refractivity contribution in [3.8, 4) is 0 Å². The topological polar surface area (TPSA) is 224 Å². The minimum absolute atomic E-state index is 0. The highest BCUT2D eigenvalue weighted by Gasteiger charge is 2.64. The molecule has 127 heavy (non-hydrogen) atoms. The predicted molar refractivity (Wildman–Crippen MR) is 502 cm³/mol. The molecule has 12 amide bonds. The highest BCUT2D eigenvalue weighted by Crippen LogP contribution is 2.57. The Kier molecular flexibility index (Phi) is 31.9. The van der Waals surface area contributed by atoms with Gasteiger partial charge in [0.05, 0.1) is 108 Å². The van der Waals surface area contributed by atoms with Crippen molar-refractivity contribution in [1.82, 2.24) is 29.4 Å². The van der Waals surface area contributed by atoms with E-state index in [1.165, 1.54) is 60.5 Å². The third-order valence-electron chi connectivity index (χ3n) is 33.2. The molecule has 21 heteroatoms. The Hall–Kier alpha value is -8.87. The van der Waals surface area contributed by atoms with Crippen molar-refractivity contribution in [2.75, 3.05) is 25.9 Å². The van der Waals surface area contributed by atoms with Gasteiger partial charge in [0.15, 0.2) is 0 Å². The van der Waals surface area contributed by atoms with Crippen molar-refractivity contribution in [3.05, 3.63) is 179 Å². The van der Waals surface area contributed by atoms with Crippen LogP contribution in [0.1, 0.15) is 222 Å². The molecule has 6 heterocycles. The zero-order valence-electron chi connectivity index (χ0n) is 77.5. The first-order valence-corrected chi connectivity index (χ1v) is 47.9. The minimum atomic E-state index is -0.461. The summed E-state index contributed by atoms with van der Waals surface area (Å²) in [5.41, 5.74) is 15.9. The number of hydrogen-bond acceptors (Lipinski definition) is 12. The van der Waals surface area contributed by atoms with Crippen LogP contribution in [0, 0.1) is 147 Å². The lowest BCUT2D eigenvalue weighted by Gasteiger charge is -2.34. The Morgan fingerprint density at radius 3 is 0.520 bits per heavy atom. The van der Waals surface area contributed by atoms with Gasteiger partial charge < -0.3 is 0 Å². The normalized spacial score (nSPS) is 32.3. The first-order chi connectivity index (χ1) is 60.5. The molecular weight excluding hydrogens is 1580 g/mol. The second-order valence-electron chi connectivity index (χ2n) is 37.7. The summed E-state index contributed by atoms with van der Waals surface area (Å²) < 4.78 is 0. The van der Waals surface area contributed by atoms with Gasteiger partial charge in [0.25, 0.3) is 0 Å². The number of imide groups is 6. The van der Waals surface area contributed by atoms with Crippen LogP contribution in [-0.2, 0) is 135 Å². The van der Waals surface area contributed by atoms with Crippen LogP contribution < -0.4 is 0 Å². The van der Waals surface area contributed by atoms with E-state index in [4.69, 9.17) is 23.5 Å². The lowest BCUT2D eigenvalue weighted by atomic mass is 9.79. The van der Waals surface area contributed by atoms with Crippen molar-refractivity contribution >= 4 is 94.4 Å². The van der Waals surface area contributed by atoms with Crippen molar-refractivity contribution in [2.24, 2.45) is 147 Å². The van der Waals surface area contributed by atoms with Gasteiger partial charge in [-0.15, -0.1) is 39.5 Å². The van der Waals surface area contributed by atoms with Gasteiger partial charge in [-0.05, 0) is 285 Å². The van der Waals surface area contributed by atoms with Crippen LogP contribution in [0.15, 0.2) is 112 Å². The maximum Gasteiger partial charge on any atom is 0.234 e. The van der Waals surface area contributed by atoms with Gasteiger partial charge in [0.1, 0.15) is 0 Å². The fraction of sp³-hybridized carbons (Fsp3) is 0.604. The van der Waals surface area contributed by atoms with E-state index in [1.807, 2.05) is 42.5 Å². The second-order valence-corrected chi connectivity index (χ2v) is 37.7. The van der Waals surface area contributed by atoms with Gasteiger partial charge >= 0.3 is 0 Å². The SMILES string of the molecule is C.[B]CN1C(=O)C2C(C=C)CC(/C=C\C3CC(C=C)C4C(=O)N(CC(CC)(CC)CC)C(=O)C34)C2C1=O.[B]CN1C(=O)C2C(C=C)CC(/C=C\C3CC(C=C)C4C(=O)N(Cc5c(CC)c(CC)c(CC)c(CC)c5CC)C(=O)C34)C2C1=O.[B]CN1C(=O)C2C(C=C)CC(/C=C\C3CC(C=C)C4C(=O)N(Cc5c(CC)c(CC)c(CC)c(CC)c5CC)C(=O)C34)C2C1=O. The van der Waals surface area contributed by atoms with Crippen molar-refractivity contribution in [2.45, 2.75) is 233 Å². The summed E-state index contributed by atoms with van der Waals surface area (Å²) >= 11 is 0. The molecule has 14 rings (SSSR count). The summed E-state index contributed by atoms with van der Waals surface area (Å²) in [7, 11) is 17.2. The number of rotatable bonds is 34. The van der Waals surface area contributed by atoms with E-state index in [9.17, 15) is 57.5 Å². The Bertz CT molecular complexity index is 4510. The molecule has 2 aromatic carbocycles. The van der Waals surface area contributed by atoms with Gasteiger partial charge in [-0.3, -0.25) is 86.9 Å². The number of nitrogens with zero attached hydrogens (tertiary/aromatic N) is 6. The molecule has 12 fully saturated rings.